The lowest BCUT2D eigenvalue weighted by Gasteiger charge is -2.23. The van der Waals surface area contributed by atoms with Crippen LogP contribution in [-0.2, 0) is 0 Å². The Morgan fingerprint density at radius 2 is 2.11 bits per heavy atom. The normalized spacial score (nSPS) is 21.2. The molecule has 1 aromatic heterocycles. The van der Waals surface area contributed by atoms with Gasteiger partial charge in [-0.05, 0) is 47.0 Å². The fourth-order valence-corrected chi connectivity index (χ4v) is 3.14. The molecule has 5 heteroatoms. The summed E-state index contributed by atoms with van der Waals surface area (Å²) >= 11 is 9.51. The van der Waals surface area contributed by atoms with Crippen molar-refractivity contribution in [3.05, 3.63) is 16.0 Å². The van der Waals surface area contributed by atoms with Crippen molar-refractivity contribution in [2.24, 2.45) is 11.8 Å². The van der Waals surface area contributed by atoms with E-state index < -0.39 is 0 Å². The molecule has 1 unspecified atom stereocenters. The van der Waals surface area contributed by atoms with Crippen molar-refractivity contribution in [1.82, 2.24) is 9.97 Å². The Bertz CT molecular complexity index is 411. The monoisotopic (exact) mass is 331 g/mol. The van der Waals surface area contributed by atoms with Crippen LogP contribution in [0.25, 0.3) is 0 Å². The minimum atomic E-state index is 0.490. The van der Waals surface area contributed by atoms with Crippen molar-refractivity contribution in [2.45, 2.75) is 33.1 Å². The molecule has 1 atom stereocenters. The number of aromatic nitrogens is 2. The van der Waals surface area contributed by atoms with Gasteiger partial charge in [0.25, 0.3) is 0 Å². The highest BCUT2D eigenvalue weighted by atomic mass is 79.9. The van der Waals surface area contributed by atoms with Gasteiger partial charge >= 0.3 is 0 Å². The first kappa shape index (κ1) is 14.1. The molecule has 1 fully saturated rings. The maximum atomic E-state index is 6.03. The average Bonchev–Trinajstić information content (AvgIpc) is 2.58. The second kappa shape index (κ2) is 6.20. The van der Waals surface area contributed by atoms with Crippen LogP contribution in [0.15, 0.2) is 10.8 Å². The van der Waals surface area contributed by atoms with Gasteiger partial charge in [0.2, 0.25) is 0 Å². The van der Waals surface area contributed by atoms with Crippen LogP contribution in [0.2, 0.25) is 5.15 Å². The van der Waals surface area contributed by atoms with E-state index in [0.717, 1.165) is 35.2 Å². The van der Waals surface area contributed by atoms with Gasteiger partial charge in [-0.1, -0.05) is 25.4 Å². The zero-order valence-electron chi connectivity index (χ0n) is 10.9. The summed E-state index contributed by atoms with van der Waals surface area (Å²) in [4.78, 5) is 10.7. The van der Waals surface area contributed by atoms with E-state index in [1.54, 1.807) is 0 Å². The van der Waals surface area contributed by atoms with Gasteiger partial charge in [-0.25, -0.2) is 9.97 Å². The molecule has 0 spiro atoms. The minimum Gasteiger partial charge on any atom is -0.356 e. The van der Waals surface area contributed by atoms with Crippen molar-refractivity contribution in [1.29, 1.82) is 0 Å². The summed E-state index contributed by atoms with van der Waals surface area (Å²) in [5, 5.41) is 0.490. The van der Waals surface area contributed by atoms with Crippen molar-refractivity contribution in [2.75, 3.05) is 18.0 Å². The summed E-state index contributed by atoms with van der Waals surface area (Å²) in [5.74, 6) is 2.52. The second-order valence-corrected chi connectivity index (χ2v) is 6.38. The van der Waals surface area contributed by atoms with Crippen molar-refractivity contribution >= 4 is 33.3 Å². The Kier molecular flexibility index (Phi) is 4.84. The highest BCUT2D eigenvalue weighted by molar-refractivity contribution is 9.10. The van der Waals surface area contributed by atoms with E-state index in [4.69, 9.17) is 11.6 Å². The number of hydrogen-bond acceptors (Lipinski definition) is 3. The zero-order valence-corrected chi connectivity index (χ0v) is 13.2. The predicted molar refractivity (Wildman–Crippen MR) is 79.1 cm³/mol. The van der Waals surface area contributed by atoms with Gasteiger partial charge in [-0.15, -0.1) is 0 Å². The molecule has 1 aliphatic rings. The molecule has 2 heterocycles. The molecule has 1 saturated heterocycles. The summed E-state index contributed by atoms with van der Waals surface area (Å²) in [6.07, 6.45) is 5.29. The van der Waals surface area contributed by atoms with Crippen LogP contribution in [-0.4, -0.2) is 23.1 Å². The Hall–Kier alpha value is -0.350. The van der Waals surface area contributed by atoms with Gasteiger partial charge in [0.15, 0.2) is 0 Å². The Morgan fingerprint density at radius 3 is 2.83 bits per heavy atom. The maximum Gasteiger partial charge on any atom is 0.148 e. The molecule has 1 aromatic rings. The molecule has 2 rings (SSSR count). The summed E-state index contributed by atoms with van der Waals surface area (Å²) in [6.45, 7) is 6.74. The third-order valence-electron chi connectivity index (χ3n) is 3.74. The number of nitrogens with zero attached hydrogens (tertiary/aromatic N) is 3. The van der Waals surface area contributed by atoms with E-state index in [1.165, 1.54) is 25.6 Å². The topological polar surface area (TPSA) is 29.0 Å². The number of halogens is 2. The van der Waals surface area contributed by atoms with E-state index in [0.29, 0.717) is 5.15 Å². The lowest BCUT2D eigenvalue weighted by Crippen LogP contribution is -2.26. The first-order chi connectivity index (χ1) is 8.59. The molecule has 0 N–H and O–H groups in total. The van der Waals surface area contributed by atoms with Crippen LogP contribution in [0.1, 0.15) is 33.1 Å². The quantitative estimate of drug-likeness (QED) is 0.762. The number of anilines is 1. The molecule has 100 valence electrons. The van der Waals surface area contributed by atoms with Gasteiger partial charge in [0.05, 0.1) is 4.47 Å². The molecule has 1 aliphatic heterocycles. The maximum absolute atomic E-state index is 6.03. The van der Waals surface area contributed by atoms with Crippen LogP contribution in [0.5, 0.6) is 0 Å². The molecule has 0 aliphatic carbocycles. The number of rotatable bonds is 2. The van der Waals surface area contributed by atoms with E-state index in [-0.39, 0.29) is 0 Å². The van der Waals surface area contributed by atoms with Gasteiger partial charge in [0.1, 0.15) is 17.3 Å². The number of hydrogen-bond donors (Lipinski definition) is 0. The Labute approximate surface area is 122 Å². The van der Waals surface area contributed by atoms with Gasteiger partial charge in [0, 0.05) is 13.1 Å². The summed E-state index contributed by atoms with van der Waals surface area (Å²) in [6, 6.07) is 0. The van der Waals surface area contributed by atoms with Crippen molar-refractivity contribution < 1.29 is 0 Å². The van der Waals surface area contributed by atoms with Crippen LogP contribution in [0.4, 0.5) is 5.82 Å². The molecule has 0 bridgehead atoms. The third-order valence-corrected chi connectivity index (χ3v) is 4.99. The van der Waals surface area contributed by atoms with E-state index in [9.17, 15) is 0 Å². The lowest BCUT2D eigenvalue weighted by molar-refractivity contribution is 0.351. The summed E-state index contributed by atoms with van der Waals surface area (Å²) < 4.78 is 0.815. The Balaban J connectivity index is 2.12. The van der Waals surface area contributed by atoms with Crippen molar-refractivity contribution in [3.63, 3.8) is 0 Å². The average molecular weight is 333 g/mol. The second-order valence-electron chi connectivity index (χ2n) is 5.22. The predicted octanol–water partition coefficient (Wildman–Crippen LogP) is 4.16. The van der Waals surface area contributed by atoms with Gasteiger partial charge in [-0.3, -0.25) is 0 Å². The van der Waals surface area contributed by atoms with E-state index in [2.05, 4.69) is 44.6 Å². The third kappa shape index (κ3) is 3.15. The molecular formula is C13H19BrClN3. The molecule has 3 nitrogen and oxygen atoms in total. The fourth-order valence-electron chi connectivity index (χ4n) is 2.56. The van der Waals surface area contributed by atoms with E-state index >= 15 is 0 Å². The first-order valence-corrected chi connectivity index (χ1v) is 7.67. The summed E-state index contributed by atoms with van der Waals surface area (Å²) in [5.41, 5.74) is 0. The van der Waals surface area contributed by atoms with Crippen LogP contribution < -0.4 is 4.90 Å². The van der Waals surface area contributed by atoms with Gasteiger partial charge < -0.3 is 4.90 Å². The zero-order chi connectivity index (χ0) is 13.1. The summed E-state index contributed by atoms with van der Waals surface area (Å²) in [7, 11) is 0. The first-order valence-electron chi connectivity index (χ1n) is 6.50. The SMILES string of the molecule is CC(C)C1CCCN(c2ncnc(Cl)c2Br)CC1. The molecule has 0 saturated carbocycles. The molecule has 0 aromatic carbocycles. The van der Waals surface area contributed by atoms with Crippen LogP contribution in [0, 0.1) is 11.8 Å². The smallest absolute Gasteiger partial charge is 0.148 e. The fraction of sp³-hybridized carbons (Fsp3) is 0.692. The standard InChI is InChI=1S/C13H19BrClN3/c1-9(2)10-4-3-6-18(7-5-10)13-11(14)12(15)16-8-17-13/h8-10H,3-7H2,1-2H3. The lowest BCUT2D eigenvalue weighted by atomic mass is 9.89. The highest BCUT2D eigenvalue weighted by Crippen LogP contribution is 2.32. The molecular weight excluding hydrogens is 314 g/mol. The molecule has 0 radical (unpaired) electrons. The highest BCUT2D eigenvalue weighted by Gasteiger charge is 2.22. The van der Waals surface area contributed by atoms with E-state index in [1.807, 2.05) is 0 Å². The molecule has 18 heavy (non-hydrogen) atoms. The van der Waals surface area contributed by atoms with Crippen LogP contribution >= 0.6 is 27.5 Å². The largest absolute Gasteiger partial charge is 0.356 e. The minimum absolute atomic E-state index is 0.490. The Morgan fingerprint density at radius 1 is 1.33 bits per heavy atom. The van der Waals surface area contributed by atoms with Gasteiger partial charge in [-0.2, -0.15) is 0 Å². The van der Waals surface area contributed by atoms with Crippen LogP contribution in [0.3, 0.4) is 0 Å². The molecule has 0 amide bonds. The van der Waals surface area contributed by atoms with Crippen molar-refractivity contribution in [3.8, 4) is 0 Å².